The molecule has 3 aromatic rings. The van der Waals surface area contributed by atoms with Gasteiger partial charge in [0.05, 0.1) is 0 Å². The van der Waals surface area contributed by atoms with E-state index < -0.39 is 0 Å². The smallest absolute Gasteiger partial charge is 0.155 e. The lowest BCUT2D eigenvalue weighted by Gasteiger charge is -2.02. The Morgan fingerprint density at radius 3 is 2.83 bits per heavy atom. The Hall–Kier alpha value is -2.69. The lowest BCUT2D eigenvalue weighted by Crippen LogP contribution is -2.03. The fourth-order valence-corrected chi connectivity index (χ4v) is 1.76. The Labute approximate surface area is 102 Å². The van der Waals surface area contributed by atoms with Gasteiger partial charge in [-0.3, -0.25) is 0 Å². The van der Waals surface area contributed by atoms with Gasteiger partial charge in [0.1, 0.15) is 23.0 Å². The maximum atomic E-state index is 9.06. The van der Waals surface area contributed by atoms with Gasteiger partial charge in [0.25, 0.3) is 0 Å². The molecule has 0 saturated carbocycles. The first-order valence-electron chi connectivity index (χ1n) is 5.36. The summed E-state index contributed by atoms with van der Waals surface area (Å²) in [4.78, 5) is 7.95. The van der Waals surface area contributed by atoms with Crippen molar-refractivity contribution in [1.82, 2.24) is 9.97 Å². The molecule has 0 unspecified atom stereocenters. The topological polar surface area (TPSA) is 71.5 Å². The van der Waals surface area contributed by atoms with Crippen LogP contribution in [0.25, 0.3) is 22.4 Å². The van der Waals surface area contributed by atoms with E-state index in [-0.39, 0.29) is 0 Å². The number of nitrogens with zero attached hydrogens (tertiary/aromatic N) is 3. The standard InChI is InChI=1S/C13H9N3O2/c17-16-11-7-13(10-5-6-14-8-15-10)18-12-4-2-1-3-9(11)12/h1-8,17H. The average Bonchev–Trinajstić information content (AvgIpc) is 2.47. The molecule has 0 aliphatic carbocycles. The van der Waals surface area contributed by atoms with Crippen LogP contribution in [-0.4, -0.2) is 15.2 Å². The predicted octanol–water partition coefficient (Wildman–Crippen LogP) is 2.18. The van der Waals surface area contributed by atoms with Crippen LogP contribution in [0.1, 0.15) is 0 Å². The number of rotatable bonds is 1. The number of aromatic nitrogens is 2. The number of hydrogen-bond acceptors (Lipinski definition) is 5. The average molecular weight is 239 g/mol. The van der Waals surface area contributed by atoms with E-state index in [2.05, 4.69) is 15.1 Å². The quantitative estimate of drug-likeness (QED) is 0.522. The molecule has 0 fully saturated rings. The Morgan fingerprint density at radius 2 is 2.06 bits per heavy atom. The van der Waals surface area contributed by atoms with Crippen LogP contribution < -0.4 is 5.36 Å². The highest BCUT2D eigenvalue weighted by Crippen LogP contribution is 2.19. The molecule has 5 nitrogen and oxygen atoms in total. The molecule has 0 aliphatic rings. The first kappa shape index (κ1) is 10.5. The summed E-state index contributed by atoms with van der Waals surface area (Å²) in [6.45, 7) is 0. The van der Waals surface area contributed by atoms with Crippen LogP contribution in [-0.2, 0) is 0 Å². The van der Waals surface area contributed by atoms with Crippen molar-refractivity contribution >= 4 is 11.0 Å². The number of fused-ring (bicyclic) bond motifs is 1. The fourth-order valence-electron chi connectivity index (χ4n) is 1.76. The van der Waals surface area contributed by atoms with Crippen LogP contribution in [0.4, 0.5) is 0 Å². The van der Waals surface area contributed by atoms with Crippen molar-refractivity contribution in [3.63, 3.8) is 0 Å². The zero-order valence-electron chi connectivity index (χ0n) is 9.32. The van der Waals surface area contributed by atoms with Crippen LogP contribution in [0.15, 0.2) is 58.5 Å². The summed E-state index contributed by atoms with van der Waals surface area (Å²) >= 11 is 0. The molecule has 0 atom stereocenters. The van der Waals surface area contributed by atoms with E-state index in [1.165, 1.54) is 6.33 Å². The zero-order valence-corrected chi connectivity index (χ0v) is 9.32. The molecule has 1 aromatic carbocycles. The summed E-state index contributed by atoms with van der Waals surface area (Å²) in [6, 6.07) is 10.7. The second kappa shape index (κ2) is 4.29. The molecular formula is C13H9N3O2. The molecule has 2 heterocycles. The minimum absolute atomic E-state index is 0.450. The van der Waals surface area contributed by atoms with Crippen LogP contribution in [0.3, 0.4) is 0 Å². The molecule has 0 amide bonds. The van der Waals surface area contributed by atoms with Crippen molar-refractivity contribution in [2.45, 2.75) is 0 Å². The van der Waals surface area contributed by atoms with E-state index in [1.807, 2.05) is 24.3 Å². The molecule has 0 spiro atoms. The molecule has 0 aliphatic heterocycles. The van der Waals surface area contributed by atoms with Crippen molar-refractivity contribution in [2.75, 3.05) is 0 Å². The maximum Gasteiger partial charge on any atom is 0.155 e. The molecule has 88 valence electrons. The first-order valence-corrected chi connectivity index (χ1v) is 5.36. The van der Waals surface area contributed by atoms with Gasteiger partial charge in [-0.05, 0) is 18.2 Å². The third-order valence-electron chi connectivity index (χ3n) is 2.59. The highest BCUT2D eigenvalue weighted by molar-refractivity contribution is 5.77. The Balaban J connectivity index is 2.34. The molecular weight excluding hydrogens is 230 g/mol. The normalized spacial score (nSPS) is 11.9. The molecule has 18 heavy (non-hydrogen) atoms. The summed E-state index contributed by atoms with van der Waals surface area (Å²) in [5, 5.41) is 13.5. The first-order chi connectivity index (χ1) is 8.88. The molecule has 1 N–H and O–H groups in total. The summed E-state index contributed by atoms with van der Waals surface area (Å²) < 4.78 is 5.73. The minimum atomic E-state index is 0.450. The molecule has 5 heteroatoms. The van der Waals surface area contributed by atoms with E-state index in [1.54, 1.807) is 18.3 Å². The van der Waals surface area contributed by atoms with E-state index in [4.69, 9.17) is 9.62 Å². The SMILES string of the molecule is ON=c1cc(-c2ccncn2)oc2ccccc12. The van der Waals surface area contributed by atoms with Crippen molar-refractivity contribution in [1.29, 1.82) is 0 Å². The zero-order chi connectivity index (χ0) is 12.4. The van der Waals surface area contributed by atoms with Gasteiger partial charge in [-0.25, -0.2) is 9.97 Å². The van der Waals surface area contributed by atoms with E-state index in [0.717, 1.165) is 5.39 Å². The second-order valence-electron chi connectivity index (χ2n) is 3.69. The highest BCUT2D eigenvalue weighted by atomic mass is 16.4. The van der Waals surface area contributed by atoms with Gasteiger partial charge in [-0.2, -0.15) is 0 Å². The lowest BCUT2D eigenvalue weighted by molar-refractivity contribution is 0.302. The van der Waals surface area contributed by atoms with Crippen molar-refractivity contribution in [3.8, 4) is 11.5 Å². The summed E-state index contributed by atoms with van der Waals surface area (Å²) in [5.74, 6) is 0.531. The fraction of sp³-hybridized carbons (Fsp3) is 0. The Morgan fingerprint density at radius 1 is 1.17 bits per heavy atom. The van der Waals surface area contributed by atoms with Crippen molar-refractivity contribution < 1.29 is 9.62 Å². The lowest BCUT2D eigenvalue weighted by atomic mass is 10.2. The molecule has 3 rings (SSSR count). The summed E-state index contributed by atoms with van der Waals surface area (Å²) in [6.07, 6.45) is 3.07. The second-order valence-corrected chi connectivity index (χ2v) is 3.69. The Bertz CT molecular complexity index is 751. The largest absolute Gasteiger partial charge is 0.454 e. The van der Waals surface area contributed by atoms with Crippen molar-refractivity contribution in [3.05, 3.63) is 54.3 Å². The van der Waals surface area contributed by atoms with E-state index in [0.29, 0.717) is 22.4 Å². The summed E-state index contributed by atoms with van der Waals surface area (Å²) in [7, 11) is 0. The van der Waals surface area contributed by atoms with Crippen molar-refractivity contribution in [2.24, 2.45) is 5.16 Å². The van der Waals surface area contributed by atoms with Gasteiger partial charge in [0, 0.05) is 17.6 Å². The highest BCUT2D eigenvalue weighted by Gasteiger charge is 2.06. The van der Waals surface area contributed by atoms with Gasteiger partial charge in [-0.15, -0.1) is 0 Å². The van der Waals surface area contributed by atoms with E-state index in [9.17, 15) is 0 Å². The van der Waals surface area contributed by atoms with Gasteiger partial charge < -0.3 is 9.62 Å². The van der Waals surface area contributed by atoms with Gasteiger partial charge in [0.2, 0.25) is 0 Å². The minimum Gasteiger partial charge on any atom is -0.454 e. The van der Waals surface area contributed by atoms with E-state index >= 15 is 0 Å². The van der Waals surface area contributed by atoms with Crippen LogP contribution >= 0.6 is 0 Å². The number of para-hydroxylation sites is 1. The Kier molecular flexibility index (Phi) is 2.49. The third-order valence-corrected chi connectivity index (χ3v) is 2.59. The molecule has 0 radical (unpaired) electrons. The van der Waals surface area contributed by atoms with Crippen LogP contribution in [0.2, 0.25) is 0 Å². The number of hydrogen-bond donors (Lipinski definition) is 1. The van der Waals surface area contributed by atoms with Crippen LogP contribution in [0, 0.1) is 0 Å². The number of benzene rings is 1. The van der Waals surface area contributed by atoms with Crippen LogP contribution in [0.5, 0.6) is 0 Å². The summed E-state index contributed by atoms with van der Waals surface area (Å²) in [5.41, 5.74) is 1.28. The molecule has 0 bridgehead atoms. The maximum absolute atomic E-state index is 9.06. The third kappa shape index (κ3) is 1.71. The van der Waals surface area contributed by atoms with Gasteiger partial charge in [-0.1, -0.05) is 17.3 Å². The monoisotopic (exact) mass is 239 g/mol. The molecule has 2 aromatic heterocycles. The molecule has 0 saturated heterocycles. The predicted molar refractivity (Wildman–Crippen MR) is 64.6 cm³/mol. The van der Waals surface area contributed by atoms with Gasteiger partial charge in [0.15, 0.2) is 5.76 Å². The van der Waals surface area contributed by atoms with Gasteiger partial charge >= 0.3 is 0 Å².